The molecule has 0 bridgehead atoms. The Balaban J connectivity index is 0.00000156. The van der Waals surface area contributed by atoms with Gasteiger partial charge in [0.05, 0.1) is 11.6 Å². The molecule has 1 aromatic heterocycles. The quantitative estimate of drug-likeness (QED) is 0.843. The number of aromatic nitrogens is 1. The highest BCUT2D eigenvalue weighted by atomic mass is 35.5. The van der Waals surface area contributed by atoms with Gasteiger partial charge < -0.3 is 15.8 Å². The predicted octanol–water partition coefficient (Wildman–Crippen LogP) is 3.55. The topological polar surface area (TPSA) is 77.2 Å². The van der Waals surface area contributed by atoms with E-state index in [-0.39, 0.29) is 36.8 Å². The lowest BCUT2D eigenvalue weighted by Crippen LogP contribution is -2.74. The Labute approximate surface area is 160 Å². The number of nitrogens with one attached hydrogen (secondary N) is 1. The molecule has 138 valence electrons. The van der Waals surface area contributed by atoms with Gasteiger partial charge in [-0.3, -0.25) is 9.78 Å². The van der Waals surface area contributed by atoms with E-state index in [9.17, 15) is 4.79 Å². The molecule has 25 heavy (non-hydrogen) atoms. The summed E-state index contributed by atoms with van der Waals surface area (Å²) in [6, 6.07) is 9.50. The monoisotopic (exact) mass is 385 g/mol. The Hall–Kier alpha value is -1.40. The van der Waals surface area contributed by atoms with Crippen LogP contribution < -0.4 is 11.1 Å². The number of benzene rings is 1. The number of carbonyl (C=O) groups is 1. The Bertz CT molecular complexity index is 754. The van der Waals surface area contributed by atoms with Gasteiger partial charge >= 0.3 is 0 Å². The SMILES string of the molecule is CCOC1CC(N)(C(=O)Nc2ccc3ncccc3c2)C1(C)C.Cl.Cl. The molecule has 2 aromatic rings. The minimum absolute atomic E-state index is 0. The Morgan fingerprint density at radius 1 is 1.36 bits per heavy atom. The zero-order chi connectivity index (χ0) is 16.7. The maximum Gasteiger partial charge on any atom is 0.245 e. The molecule has 0 spiro atoms. The molecule has 1 fully saturated rings. The van der Waals surface area contributed by atoms with E-state index in [4.69, 9.17) is 10.5 Å². The molecule has 1 aromatic carbocycles. The van der Waals surface area contributed by atoms with Crippen molar-refractivity contribution in [2.75, 3.05) is 11.9 Å². The van der Waals surface area contributed by atoms with E-state index < -0.39 is 11.0 Å². The lowest BCUT2D eigenvalue weighted by atomic mass is 9.54. The van der Waals surface area contributed by atoms with Crippen molar-refractivity contribution >= 4 is 47.3 Å². The number of ether oxygens (including phenoxy) is 1. The molecule has 1 saturated carbocycles. The third-order valence-corrected chi connectivity index (χ3v) is 5.10. The zero-order valence-corrected chi connectivity index (χ0v) is 16.2. The van der Waals surface area contributed by atoms with Crippen LogP contribution in [0.15, 0.2) is 36.5 Å². The van der Waals surface area contributed by atoms with Crippen molar-refractivity contribution in [3.05, 3.63) is 36.5 Å². The average Bonchev–Trinajstić information content (AvgIpc) is 2.54. The summed E-state index contributed by atoms with van der Waals surface area (Å²) in [5.74, 6) is -0.165. The van der Waals surface area contributed by atoms with Crippen LogP contribution in [0, 0.1) is 5.41 Å². The lowest BCUT2D eigenvalue weighted by molar-refractivity contribution is -0.166. The number of nitrogens with two attached hydrogens (primary N) is 1. The van der Waals surface area contributed by atoms with Crippen LogP contribution in [-0.4, -0.2) is 29.1 Å². The second-order valence-electron chi connectivity index (χ2n) is 6.71. The Morgan fingerprint density at radius 3 is 2.72 bits per heavy atom. The minimum atomic E-state index is -0.920. The number of nitrogens with zero attached hydrogens (tertiary/aromatic N) is 1. The zero-order valence-electron chi connectivity index (χ0n) is 14.6. The number of anilines is 1. The third kappa shape index (κ3) is 3.60. The van der Waals surface area contributed by atoms with Gasteiger partial charge in [-0.1, -0.05) is 19.9 Å². The van der Waals surface area contributed by atoms with E-state index in [0.717, 1.165) is 16.6 Å². The molecule has 3 rings (SSSR count). The van der Waals surface area contributed by atoms with Crippen molar-refractivity contribution in [3.63, 3.8) is 0 Å². The molecule has 1 amide bonds. The lowest BCUT2D eigenvalue weighted by Gasteiger charge is -2.57. The maximum atomic E-state index is 12.7. The average molecular weight is 386 g/mol. The molecule has 2 atom stereocenters. The molecular formula is C18H25Cl2N3O2. The van der Waals surface area contributed by atoms with E-state index in [1.807, 2.05) is 51.1 Å². The standard InChI is InChI=1S/C18H23N3O2.2ClH/c1-4-23-15-11-18(19,17(15,2)3)16(22)21-13-7-8-14-12(10-13)6-5-9-20-14;;/h5-10,15H,4,11,19H2,1-3H3,(H,21,22);2*1H. The van der Waals surface area contributed by atoms with Gasteiger partial charge in [0.25, 0.3) is 0 Å². The summed E-state index contributed by atoms with van der Waals surface area (Å²) in [4.78, 5) is 17.0. The molecule has 0 radical (unpaired) electrons. The summed E-state index contributed by atoms with van der Waals surface area (Å²) in [6.07, 6.45) is 2.30. The van der Waals surface area contributed by atoms with E-state index >= 15 is 0 Å². The molecule has 0 aliphatic heterocycles. The van der Waals surface area contributed by atoms with Crippen LogP contribution in [0.5, 0.6) is 0 Å². The largest absolute Gasteiger partial charge is 0.378 e. The summed E-state index contributed by atoms with van der Waals surface area (Å²) < 4.78 is 5.68. The van der Waals surface area contributed by atoms with Crippen LogP contribution in [-0.2, 0) is 9.53 Å². The number of hydrogen-bond acceptors (Lipinski definition) is 4. The highest BCUT2D eigenvalue weighted by Gasteiger charge is 2.62. The van der Waals surface area contributed by atoms with Crippen LogP contribution in [0.2, 0.25) is 0 Å². The first-order chi connectivity index (χ1) is 10.9. The first-order valence-electron chi connectivity index (χ1n) is 7.95. The maximum absolute atomic E-state index is 12.7. The second kappa shape index (κ2) is 7.87. The Morgan fingerprint density at radius 2 is 2.08 bits per heavy atom. The molecule has 2 unspecified atom stereocenters. The van der Waals surface area contributed by atoms with Gasteiger partial charge in [0, 0.05) is 35.7 Å². The number of amides is 1. The first kappa shape index (κ1) is 21.6. The molecular weight excluding hydrogens is 361 g/mol. The highest BCUT2D eigenvalue weighted by molar-refractivity contribution is 6.01. The smallest absolute Gasteiger partial charge is 0.245 e. The number of pyridine rings is 1. The molecule has 7 heteroatoms. The molecule has 1 aliphatic rings. The van der Waals surface area contributed by atoms with Crippen molar-refractivity contribution < 1.29 is 9.53 Å². The van der Waals surface area contributed by atoms with Crippen molar-refractivity contribution in [2.24, 2.45) is 11.1 Å². The van der Waals surface area contributed by atoms with Gasteiger partial charge in [0.15, 0.2) is 0 Å². The van der Waals surface area contributed by atoms with Crippen LogP contribution in [0.3, 0.4) is 0 Å². The van der Waals surface area contributed by atoms with Gasteiger partial charge in [0.2, 0.25) is 5.91 Å². The summed E-state index contributed by atoms with van der Waals surface area (Å²) in [7, 11) is 0. The minimum Gasteiger partial charge on any atom is -0.378 e. The molecule has 5 nitrogen and oxygen atoms in total. The number of hydrogen-bond donors (Lipinski definition) is 2. The summed E-state index contributed by atoms with van der Waals surface area (Å²) >= 11 is 0. The number of carbonyl (C=O) groups excluding carboxylic acids is 1. The second-order valence-corrected chi connectivity index (χ2v) is 6.71. The first-order valence-corrected chi connectivity index (χ1v) is 7.95. The molecule has 0 saturated heterocycles. The predicted molar refractivity (Wildman–Crippen MR) is 106 cm³/mol. The van der Waals surface area contributed by atoms with Gasteiger partial charge in [-0.05, 0) is 31.2 Å². The van der Waals surface area contributed by atoms with Crippen LogP contribution in [0.1, 0.15) is 27.2 Å². The fourth-order valence-electron chi connectivity index (χ4n) is 3.22. The van der Waals surface area contributed by atoms with E-state index in [2.05, 4.69) is 10.3 Å². The van der Waals surface area contributed by atoms with Crippen LogP contribution in [0.25, 0.3) is 10.9 Å². The molecule has 1 aliphatic carbocycles. The fourth-order valence-corrected chi connectivity index (χ4v) is 3.22. The number of halogens is 2. The van der Waals surface area contributed by atoms with Crippen molar-refractivity contribution in [1.82, 2.24) is 4.98 Å². The van der Waals surface area contributed by atoms with Gasteiger partial charge in [-0.25, -0.2) is 0 Å². The number of fused-ring (bicyclic) bond motifs is 1. The fraction of sp³-hybridized carbons (Fsp3) is 0.444. The van der Waals surface area contributed by atoms with E-state index in [1.165, 1.54) is 0 Å². The molecule has 3 N–H and O–H groups in total. The highest BCUT2D eigenvalue weighted by Crippen LogP contribution is 2.50. The van der Waals surface area contributed by atoms with E-state index in [1.54, 1.807) is 6.20 Å². The molecule has 1 heterocycles. The van der Waals surface area contributed by atoms with Crippen LogP contribution in [0.4, 0.5) is 5.69 Å². The van der Waals surface area contributed by atoms with Gasteiger partial charge in [-0.15, -0.1) is 24.8 Å². The van der Waals surface area contributed by atoms with Crippen molar-refractivity contribution in [2.45, 2.75) is 38.8 Å². The summed E-state index contributed by atoms with van der Waals surface area (Å²) in [6.45, 7) is 6.56. The van der Waals surface area contributed by atoms with Gasteiger partial charge in [0.1, 0.15) is 5.54 Å². The normalized spacial score (nSPS) is 23.8. The summed E-state index contributed by atoms with van der Waals surface area (Å²) in [5, 5.41) is 3.93. The Kier molecular flexibility index (Phi) is 6.81. The summed E-state index contributed by atoms with van der Waals surface area (Å²) in [5.41, 5.74) is 6.71. The van der Waals surface area contributed by atoms with Crippen molar-refractivity contribution in [3.8, 4) is 0 Å². The van der Waals surface area contributed by atoms with E-state index in [0.29, 0.717) is 13.0 Å². The van der Waals surface area contributed by atoms with Crippen molar-refractivity contribution in [1.29, 1.82) is 0 Å². The number of rotatable bonds is 4. The van der Waals surface area contributed by atoms with Gasteiger partial charge in [-0.2, -0.15) is 0 Å². The van der Waals surface area contributed by atoms with Crippen LogP contribution >= 0.6 is 24.8 Å². The third-order valence-electron chi connectivity index (χ3n) is 5.10.